The molecule has 5 heteroatoms. The second-order valence-electron chi connectivity index (χ2n) is 4.20. The largest absolute Gasteiger partial charge is 0.491 e. The molecule has 1 aromatic rings. The third-order valence-corrected chi connectivity index (χ3v) is 3.09. The maximum atomic E-state index is 5.81. The highest BCUT2D eigenvalue weighted by Gasteiger charge is 2.08. The summed E-state index contributed by atoms with van der Waals surface area (Å²) < 4.78 is 17.1. The van der Waals surface area contributed by atoms with Crippen molar-refractivity contribution in [2.75, 3.05) is 40.1 Å². The lowest BCUT2D eigenvalue weighted by Crippen LogP contribution is -2.12. The lowest BCUT2D eigenvalue weighted by atomic mass is 10.1. The maximum absolute atomic E-state index is 5.81. The summed E-state index contributed by atoms with van der Waals surface area (Å²) in [5.74, 6) is 0.920. The highest BCUT2D eigenvalue weighted by molar-refractivity contribution is 9.10. The van der Waals surface area contributed by atoms with Crippen LogP contribution >= 0.6 is 15.9 Å². The van der Waals surface area contributed by atoms with Crippen LogP contribution in [0.5, 0.6) is 5.75 Å². The molecule has 0 aliphatic rings. The van der Waals surface area contributed by atoms with Gasteiger partial charge in [-0.15, -0.1) is 0 Å². The van der Waals surface area contributed by atoms with E-state index in [4.69, 9.17) is 19.9 Å². The fourth-order valence-electron chi connectivity index (χ4n) is 1.79. The van der Waals surface area contributed by atoms with E-state index in [1.54, 1.807) is 7.11 Å². The Kier molecular flexibility index (Phi) is 8.05. The van der Waals surface area contributed by atoms with E-state index in [9.17, 15) is 0 Å². The van der Waals surface area contributed by atoms with Gasteiger partial charge in [0, 0.05) is 11.6 Å². The van der Waals surface area contributed by atoms with Crippen molar-refractivity contribution >= 4 is 15.9 Å². The van der Waals surface area contributed by atoms with Gasteiger partial charge in [0.1, 0.15) is 12.4 Å². The summed E-state index contributed by atoms with van der Waals surface area (Å²) in [7, 11) is 1.66. The molecule has 0 amide bonds. The van der Waals surface area contributed by atoms with Crippen molar-refractivity contribution < 1.29 is 14.2 Å². The first kappa shape index (κ1) is 16.4. The summed E-state index contributed by atoms with van der Waals surface area (Å²) >= 11 is 3.49. The quantitative estimate of drug-likeness (QED) is 0.705. The van der Waals surface area contributed by atoms with E-state index < -0.39 is 0 Å². The number of hydrogen-bond acceptors (Lipinski definition) is 4. The zero-order valence-corrected chi connectivity index (χ0v) is 13.2. The summed E-state index contributed by atoms with van der Waals surface area (Å²) in [6.45, 7) is 4.93. The predicted octanol–water partition coefficient (Wildman–Crippen LogP) is 2.30. The molecule has 108 valence electrons. The van der Waals surface area contributed by atoms with Crippen molar-refractivity contribution in [1.29, 1.82) is 0 Å². The number of hydrogen-bond donors (Lipinski definition) is 1. The van der Waals surface area contributed by atoms with Gasteiger partial charge < -0.3 is 19.9 Å². The average molecular weight is 332 g/mol. The Morgan fingerprint density at radius 1 is 1.16 bits per heavy atom. The summed E-state index contributed by atoms with van der Waals surface area (Å²) in [6.07, 6.45) is 0.806. The number of ether oxygens (including phenoxy) is 3. The van der Waals surface area contributed by atoms with Crippen molar-refractivity contribution in [2.24, 2.45) is 5.73 Å². The van der Waals surface area contributed by atoms with E-state index >= 15 is 0 Å². The normalized spacial score (nSPS) is 10.7. The Balaban J connectivity index is 2.51. The SMILES string of the molecule is COCCOCCOc1c(C)cc(Br)cc1CCN. The topological polar surface area (TPSA) is 53.7 Å². The molecule has 2 N–H and O–H groups in total. The van der Waals surface area contributed by atoms with Gasteiger partial charge >= 0.3 is 0 Å². The highest BCUT2D eigenvalue weighted by Crippen LogP contribution is 2.28. The van der Waals surface area contributed by atoms with Crippen molar-refractivity contribution in [3.8, 4) is 5.75 Å². The van der Waals surface area contributed by atoms with Gasteiger partial charge in [-0.3, -0.25) is 0 Å². The molecule has 4 nitrogen and oxygen atoms in total. The molecule has 0 saturated carbocycles. The zero-order valence-electron chi connectivity index (χ0n) is 11.6. The molecule has 0 fully saturated rings. The Hall–Kier alpha value is -0.620. The molecule has 1 aromatic carbocycles. The van der Waals surface area contributed by atoms with Crippen LogP contribution in [-0.4, -0.2) is 40.1 Å². The average Bonchev–Trinajstić information content (AvgIpc) is 2.36. The van der Waals surface area contributed by atoms with Crippen LogP contribution < -0.4 is 10.5 Å². The molecule has 0 heterocycles. The second-order valence-corrected chi connectivity index (χ2v) is 5.12. The Bertz CT molecular complexity index is 385. The van der Waals surface area contributed by atoms with Crippen molar-refractivity contribution in [3.63, 3.8) is 0 Å². The van der Waals surface area contributed by atoms with Crippen LogP contribution in [-0.2, 0) is 15.9 Å². The van der Waals surface area contributed by atoms with Crippen LogP contribution in [0, 0.1) is 6.92 Å². The third-order valence-electron chi connectivity index (χ3n) is 2.64. The Labute approximate surface area is 123 Å². The zero-order chi connectivity index (χ0) is 14.1. The Morgan fingerprint density at radius 2 is 1.89 bits per heavy atom. The van der Waals surface area contributed by atoms with Crippen molar-refractivity contribution in [2.45, 2.75) is 13.3 Å². The van der Waals surface area contributed by atoms with E-state index in [1.807, 2.05) is 13.0 Å². The molecule has 1 rings (SSSR count). The molecule has 0 atom stereocenters. The fourth-order valence-corrected chi connectivity index (χ4v) is 2.41. The summed E-state index contributed by atoms with van der Waals surface area (Å²) in [5.41, 5.74) is 7.87. The number of methoxy groups -OCH3 is 1. The van der Waals surface area contributed by atoms with Gasteiger partial charge in [-0.2, -0.15) is 0 Å². The number of nitrogens with two attached hydrogens (primary N) is 1. The first-order valence-electron chi connectivity index (χ1n) is 6.37. The molecule has 0 spiro atoms. The molecule has 0 bridgehead atoms. The third kappa shape index (κ3) is 5.91. The molecular weight excluding hydrogens is 310 g/mol. The van der Waals surface area contributed by atoms with E-state index in [0.717, 1.165) is 27.8 Å². The molecular formula is C14H22BrNO3. The van der Waals surface area contributed by atoms with Crippen LogP contribution in [0.4, 0.5) is 0 Å². The lowest BCUT2D eigenvalue weighted by molar-refractivity contribution is 0.0541. The van der Waals surface area contributed by atoms with Crippen LogP contribution in [0.1, 0.15) is 11.1 Å². The molecule has 0 unspecified atom stereocenters. The van der Waals surface area contributed by atoms with Crippen LogP contribution in [0.2, 0.25) is 0 Å². The predicted molar refractivity (Wildman–Crippen MR) is 79.8 cm³/mol. The van der Waals surface area contributed by atoms with Gasteiger partial charge in [0.2, 0.25) is 0 Å². The van der Waals surface area contributed by atoms with Gasteiger partial charge in [-0.25, -0.2) is 0 Å². The summed E-state index contributed by atoms with van der Waals surface area (Å²) in [5, 5.41) is 0. The van der Waals surface area contributed by atoms with Gasteiger partial charge in [-0.05, 0) is 43.1 Å². The number of benzene rings is 1. The lowest BCUT2D eigenvalue weighted by Gasteiger charge is -2.14. The van der Waals surface area contributed by atoms with Gasteiger partial charge in [0.05, 0.1) is 19.8 Å². The van der Waals surface area contributed by atoms with Crippen molar-refractivity contribution in [1.82, 2.24) is 0 Å². The first-order valence-corrected chi connectivity index (χ1v) is 7.17. The fraction of sp³-hybridized carbons (Fsp3) is 0.571. The molecule has 19 heavy (non-hydrogen) atoms. The van der Waals surface area contributed by atoms with Crippen LogP contribution in [0.15, 0.2) is 16.6 Å². The van der Waals surface area contributed by atoms with E-state index in [0.29, 0.717) is 33.0 Å². The maximum Gasteiger partial charge on any atom is 0.125 e. The standard InChI is InChI=1S/C14H22BrNO3/c1-11-9-13(15)10-12(3-4-16)14(11)19-8-7-18-6-5-17-2/h9-10H,3-8,16H2,1-2H3. The minimum Gasteiger partial charge on any atom is -0.491 e. The number of halogens is 1. The highest BCUT2D eigenvalue weighted by atomic mass is 79.9. The van der Waals surface area contributed by atoms with Crippen LogP contribution in [0.3, 0.4) is 0 Å². The molecule has 0 radical (unpaired) electrons. The Morgan fingerprint density at radius 3 is 2.58 bits per heavy atom. The molecule has 0 saturated heterocycles. The van der Waals surface area contributed by atoms with Gasteiger partial charge in [0.15, 0.2) is 0 Å². The smallest absolute Gasteiger partial charge is 0.125 e. The summed E-state index contributed by atoms with van der Waals surface area (Å²) in [6, 6.07) is 4.10. The summed E-state index contributed by atoms with van der Waals surface area (Å²) in [4.78, 5) is 0. The molecule has 0 aliphatic heterocycles. The van der Waals surface area contributed by atoms with Crippen LogP contribution in [0.25, 0.3) is 0 Å². The minimum atomic E-state index is 0.532. The molecule has 0 aromatic heterocycles. The van der Waals surface area contributed by atoms with E-state index in [2.05, 4.69) is 22.0 Å². The van der Waals surface area contributed by atoms with Gasteiger partial charge in [-0.1, -0.05) is 15.9 Å². The van der Waals surface area contributed by atoms with Crippen molar-refractivity contribution in [3.05, 3.63) is 27.7 Å². The first-order chi connectivity index (χ1) is 9.19. The second kappa shape index (κ2) is 9.31. The number of rotatable bonds is 9. The van der Waals surface area contributed by atoms with E-state index in [-0.39, 0.29) is 0 Å². The monoisotopic (exact) mass is 331 g/mol. The van der Waals surface area contributed by atoms with E-state index in [1.165, 1.54) is 0 Å². The van der Waals surface area contributed by atoms with Gasteiger partial charge in [0.25, 0.3) is 0 Å². The minimum absolute atomic E-state index is 0.532. The molecule has 0 aliphatic carbocycles. The number of aryl methyl sites for hydroxylation is 1.